The number of amides is 1. The minimum atomic E-state index is -3.08. The second kappa shape index (κ2) is 6.69. The number of ether oxygens (including phenoxy) is 1. The van der Waals surface area contributed by atoms with Crippen LogP contribution in [0.2, 0.25) is 0 Å². The minimum Gasteiger partial charge on any atom is -0.452 e. The summed E-state index contributed by atoms with van der Waals surface area (Å²) in [5.74, 6) is -0.710. The highest BCUT2D eigenvalue weighted by molar-refractivity contribution is 7.91. The van der Waals surface area contributed by atoms with Crippen molar-refractivity contribution in [2.75, 3.05) is 24.7 Å². The Labute approximate surface area is 134 Å². The van der Waals surface area contributed by atoms with Gasteiger partial charge in [-0.15, -0.1) is 0 Å². The van der Waals surface area contributed by atoms with Gasteiger partial charge >= 0.3 is 5.97 Å². The van der Waals surface area contributed by atoms with Crippen LogP contribution in [0, 0.1) is 13.8 Å². The fraction of sp³-hybridized carbons (Fsp3) is 0.643. The zero-order valence-corrected chi connectivity index (χ0v) is 14.2. The third-order valence-corrected chi connectivity index (χ3v) is 5.62. The largest absolute Gasteiger partial charge is 0.452 e. The summed E-state index contributed by atoms with van der Waals surface area (Å²) in [4.78, 5) is 25.7. The Hall–Kier alpha value is -1.90. The quantitative estimate of drug-likeness (QED) is 0.715. The second-order valence-electron chi connectivity index (χ2n) is 5.51. The van der Waals surface area contributed by atoms with Gasteiger partial charge < -0.3 is 14.2 Å². The third-order valence-electron chi connectivity index (χ3n) is 3.87. The van der Waals surface area contributed by atoms with Crippen molar-refractivity contribution < 1.29 is 27.3 Å². The molecule has 8 nitrogen and oxygen atoms in total. The Morgan fingerprint density at radius 1 is 1.39 bits per heavy atom. The maximum absolute atomic E-state index is 12.2. The number of esters is 1. The van der Waals surface area contributed by atoms with Crippen LogP contribution in [-0.4, -0.2) is 61.1 Å². The predicted molar refractivity (Wildman–Crippen MR) is 80.7 cm³/mol. The molecule has 1 aromatic rings. The van der Waals surface area contributed by atoms with Crippen LogP contribution in [0.15, 0.2) is 4.52 Å². The van der Waals surface area contributed by atoms with E-state index in [-0.39, 0.29) is 23.1 Å². The van der Waals surface area contributed by atoms with Gasteiger partial charge in [-0.25, -0.2) is 13.2 Å². The van der Waals surface area contributed by atoms with Crippen LogP contribution < -0.4 is 0 Å². The van der Waals surface area contributed by atoms with Crippen molar-refractivity contribution in [3.8, 4) is 0 Å². The smallest absolute Gasteiger partial charge is 0.344 e. The lowest BCUT2D eigenvalue weighted by atomic mass is 10.2. The number of rotatable bonds is 5. The van der Waals surface area contributed by atoms with Gasteiger partial charge in [-0.3, -0.25) is 4.79 Å². The minimum absolute atomic E-state index is 0.0373. The van der Waals surface area contributed by atoms with Crippen LogP contribution >= 0.6 is 0 Å². The summed E-state index contributed by atoms with van der Waals surface area (Å²) in [7, 11) is -3.08. The zero-order valence-electron chi connectivity index (χ0n) is 13.4. The molecule has 128 valence electrons. The summed E-state index contributed by atoms with van der Waals surface area (Å²) in [6.45, 7) is 4.88. The number of hydrogen-bond donors (Lipinski definition) is 0. The van der Waals surface area contributed by atoms with Crippen molar-refractivity contribution in [2.45, 2.75) is 33.2 Å². The lowest BCUT2D eigenvalue weighted by Gasteiger charge is -2.26. The van der Waals surface area contributed by atoms with Gasteiger partial charge in [-0.2, -0.15) is 0 Å². The molecule has 1 fully saturated rings. The normalized spacial score (nSPS) is 19.5. The highest BCUT2D eigenvalue weighted by Gasteiger charge is 2.34. The van der Waals surface area contributed by atoms with E-state index in [0.29, 0.717) is 24.4 Å². The first-order valence-electron chi connectivity index (χ1n) is 7.35. The van der Waals surface area contributed by atoms with Gasteiger partial charge in [0.2, 0.25) is 0 Å². The number of nitrogens with zero attached hydrogens (tertiary/aromatic N) is 2. The molecule has 0 spiro atoms. The number of likely N-dealkylation sites (N-methyl/N-ethyl adjacent to an activating group) is 1. The van der Waals surface area contributed by atoms with Crippen LogP contribution in [-0.2, 0) is 19.4 Å². The van der Waals surface area contributed by atoms with Gasteiger partial charge in [-0.05, 0) is 27.2 Å². The summed E-state index contributed by atoms with van der Waals surface area (Å²) < 4.78 is 33.0. The molecule has 1 aliphatic heterocycles. The van der Waals surface area contributed by atoms with E-state index in [1.165, 1.54) is 4.90 Å². The summed E-state index contributed by atoms with van der Waals surface area (Å²) in [5, 5.41) is 3.66. The molecule has 1 aliphatic rings. The number of hydrogen-bond acceptors (Lipinski definition) is 7. The van der Waals surface area contributed by atoms with Gasteiger partial charge in [0.25, 0.3) is 5.91 Å². The summed E-state index contributed by atoms with van der Waals surface area (Å²) >= 11 is 0. The number of aromatic nitrogens is 1. The van der Waals surface area contributed by atoms with Gasteiger partial charge in [-0.1, -0.05) is 5.16 Å². The molecule has 1 aromatic heterocycles. The lowest BCUT2D eigenvalue weighted by Crippen LogP contribution is -2.43. The SMILES string of the molecule is CCN(C(=O)COC(=O)c1c(C)noc1C)[C@H]1CCS(=O)(=O)C1. The molecule has 2 heterocycles. The van der Waals surface area contributed by atoms with Gasteiger partial charge in [0.15, 0.2) is 16.4 Å². The van der Waals surface area contributed by atoms with E-state index in [9.17, 15) is 18.0 Å². The average molecular weight is 344 g/mol. The van der Waals surface area contributed by atoms with Crippen LogP contribution in [0.3, 0.4) is 0 Å². The Kier molecular flexibility index (Phi) is 5.08. The van der Waals surface area contributed by atoms with E-state index in [1.807, 2.05) is 0 Å². The van der Waals surface area contributed by atoms with Crippen molar-refractivity contribution in [3.63, 3.8) is 0 Å². The molecule has 0 aromatic carbocycles. The third kappa shape index (κ3) is 3.90. The number of carbonyl (C=O) groups is 2. The summed E-state index contributed by atoms with van der Waals surface area (Å²) in [5.41, 5.74) is 0.610. The topological polar surface area (TPSA) is 107 Å². The molecule has 1 amide bonds. The molecule has 9 heteroatoms. The average Bonchev–Trinajstić information content (AvgIpc) is 2.99. The van der Waals surface area contributed by atoms with E-state index < -0.39 is 28.3 Å². The Morgan fingerprint density at radius 2 is 2.09 bits per heavy atom. The van der Waals surface area contributed by atoms with E-state index >= 15 is 0 Å². The number of aryl methyl sites for hydroxylation is 2. The molecule has 2 rings (SSSR count). The van der Waals surface area contributed by atoms with Crippen molar-refractivity contribution in [2.24, 2.45) is 0 Å². The van der Waals surface area contributed by atoms with Crippen LogP contribution in [0.25, 0.3) is 0 Å². The number of carbonyl (C=O) groups excluding carboxylic acids is 2. The molecule has 23 heavy (non-hydrogen) atoms. The standard InChI is InChI=1S/C14H20N2O6S/c1-4-16(11-5-6-23(19,20)8-11)12(17)7-21-14(18)13-9(2)15-22-10(13)3/h11H,4-8H2,1-3H3/t11-/m0/s1. The van der Waals surface area contributed by atoms with E-state index in [1.54, 1.807) is 20.8 Å². The second-order valence-corrected chi connectivity index (χ2v) is 7.74. The molecule has 0 N–H and O–H groups in total. The van der Waals surface area contributed by atoms with Crippen LogP contribution in [0.5, 0.6) is 0 Å². The van der Waals surface area contributed by atoms with Gasteiger partial charge in [0.05, 0.1) is 17.2 Å². The van der Waals surface area contributed by atoms with Crippen LogP contribution in [0.4, 0.5) is 0 Å². The van der Waals surface area contributed by atoms with Crippen molar-refractivity contribution >= 4 is 21.7 Å². The highest BCUT2D eigenvalue weighted by atomic mass is 32.2. The summed E-state index contributed by atoms with van der Waals surface area (Å²) in [6, 6.07) is -0.352. The molecular formula is C14H20N2O6S. The van der Waals surface area contributed by atoms with Gasteiger partial charge in [0, 0.05) is 12.6 Å². The Morgan fingerprint density at radius 3 is 2.57 bits per heavy atom. The van der Waals surface area contributed by atoms with Gasteiger partial charge in [0.1, 0.15) is 11.3 Å². The van der Waals surface area contributed by atoms with Crippen molar-refractivity contribution in [1.82, 2.24) is 10.1 Å². The molecular weight excluding hydrogens is 324 g/mol. The predicted octanol–water partition coefficient (Wildman–Crippen LogP) is 0.484. The monoisotopic (exact) mass is 344 g/mol. The highest BCUT2D eigenvalue weighted by Crippen LogP contribution is 2.18. The van der Waals surface area contributed by atoms with E-state index in [0.717, 1.165) is 0 Å². The van der Waals surface area contributed by atoms with Crippen molar-refractivity contribution in [3.05, 3.63) is 17.0 Å². The van der Waals surface area contributed by atoms with Crippen LogP contribution in [0.1, 0.15) is 35.2 Å². The first kappa shape index (κ1) is 17.5. The molecule has 0 saturated carbocycles. The molecule has 0 radical (unpaired) electrons. The molecule has 1 saturated heterocycles. The fourth-order valence-electron chi connectivity index (χ4n) is 2.72. The zero-order chi connectivity index (χ0) is 17.2. The first-order chi connectivity index (χ1) is 10.7. The molecule has 1 atom stereocenters. The fourth-order valence-corrected chi connectivity index (χ4v) is 4.45. The van der Waals surface area contributed by atoms with E-state index in [4.69, 9.17) is 9.26 Å². The molecule has 0 aliphatic carbocycles. The maximum Gasteiger partial charge on any atom is 0.344 e. The summed E-state index contributed by atoms with van der Waals surface area (Å²) in [6.07, 6.45) is 0.416. The Balaban J connectivity index is 1.97. The lowest BCUT2D eigenvalue weighted by molar-refractivity contribution is -0.136. The van der Waals surface area contributed by atoms with E-state index in [2.05, 4.69) is 5.16 Å². The van der Waals surface area contributed by atoms with Crippen molar-refractivity contribution in [1.29, 1.82) is 0 Å². The maximum atomic E-state index is 12.2. The molecule has 0 bridgehead atoms. The Bertz CT molecular complexity index is 689. The molecule has 0 unspecified atom stereocenters. The first-order valence-corrected chi connectivity index (χ1v) is 9.17. The number of sulfone groups is 1.